The van der Waals surface area contributed by atoms with Crippen molar-refractivity contribution in [1.82, 2.24) is 10.9 Å². The molecule has 1 aromatic rings. The lowest BCUT2D eigenvalue weighted by molar-refractivity contribution is -0.116. The van der Waals surface area contributed by atoms with E-state index in [0.717, 1.165) is 17.6 Å². The fraction of sp³-hybridized carbons (Fsp3) is 0.357. The summed E-state index contributed by atoms with van der Waals surface area (Å²) in [5, 5.41) is 0. The molecule has 3 nitrogen and oxygen atoms in total. The third-order valence-corrected chi connectivity index (χ3v) is 2.71. The molecular weight excluding hydrogens is 212 g/mol. The van der Waals surface area contributed by atoms with Crippen LogP contribution in [0.15, 0.2) is 29.8 Å². The number of rotatable bonds is 3. The van der Waals surface area contributed by atoms with Crippen LogP contribution in [-0.2, 0) is 11.2 Å². The maximum Gasteiger partial charge on any atom is 0.262 e. The average molecular weight is 230 g/mol. The number of nitrogens with one attached hydrogen (secondary N) is 2. The molecule has 2 N–H and O–H groups in total. The first-order valence-electron chi connectivity index (χ1n) is 5.98. The summed E-state index contributed by atoms with van der Waals surface area (Å²) >= 11 is 0. The first-order valence-corrected chi connectivity index (χ1v) is 5.98. The number of benzene rings is 1. The van der Waals surface area contributed by atoms with Crippen LogP contribution in [-0.4, -0.2) is 12.5 Å². The van der Waals surface area contributed by atoms with Gasteiger partial charge in [-0.15, -0.1) is 0 Å². The highest BCUT2D eigenvalue weighted by Gasteiger charge is 2.15. The molecule has 90 valence electrons. The highest BCUT2D eigenvalue weighted by Crippen LogP contribution is 2.14. The Balaban J connectivity index is 2.18. The molecule has 0 radical (unpaired) electrons. The molecule has 0 atom stereocenters. The highest BCUT2D eigenvalue weighted by molar-refractivity contribution is 5.99. The Morgan fingerprint density at radius 3 is 2.88 bits per heavy atom. The van der Waals surface area contributed by atoms with E-state index >= 15 is 0 Å². The molecule has 0 saturated carbocycles. The van der Waals surface area contributed by atoms with Crippen molar-refractivity contribution >= 4 is 12.0 Å². The predicted octanol–water partition coefficient (Wildman–Crippen LogP) is 1.90. The van der Waals surface area contributed by atoms with Gasteiger partial charge in [-0.1, -0.05) is 38.1 Å². The van der Waals surface area contributed by atoms with Gasteiger partial charge in [0.05, 0.1) is 0 Å². The smallest absolute Gasteiger partial charge is 0.262 e. The van der Waals surface area contributed by atoms with E-state index in [9.17, 15) is 4.79 Å². The molecular formula is C14H18N2O. The summed E-state index contributed by atoms with van der Waals surface area (Å²) in [5.74, 6) is 0.619. The summed E-state index contributed by atoms with van der Waals surface area (Å²) in [5.41, 5.74) is 8.60. The number of hydrogen-bond acceptors (Lipinski definition) is 2. The third-order valence-electron chi connectivity index (χ3n) is 2.71. The summed E-state index contributed by atoms with van der Waals surface area (Å²) in [7, 11) is 0. The van der Waals surface area contributed by atoms with Gasteiger partial charge in [-0.25, -0.2) is 5.43 Å². The number of carbonyl (C=O) groups is 1. The minimum Gasteiger partial charge on any atom is -0.287 e. The summed E-state index contributed by atoms with van der Waals surface area (Å²) in [4.78, 5) is 11.4. The van der Waals surface area contributed by atoms with E-state index in [0.29, 0.717) is 12.5 Å². The predicted molar refractivity (Wildman–Crippen MR) is 69.1 cm³/mol. The fourth-order valence-corrected chi connectivity index (χ4v) is 1.98. The van der Waals surface area contributed by atoms with Crippen LogP contribution in [0.5, 0.6) is 0 Å². The van der Waals surface area contributed by atoms with E-state index < -0.39 is 0 Å². The molecule has 0 unspecified atom stereocenters. The van der Waals surface area contributed by atoms with Crippen molar-refractivity contribution in [2.45, 2.75) is 20.3 Å². The molecule has 1 aliphatic rings. The van der Waals surface area contributed by atoms with Crippen LogP contribution in [0.3, 0.4) is 0 Å². The van der Waals surface area contributed by atoms with Crippen molar-refractivity contribution in [3.05, 3.63) is 41.0 Å². The van der Waals surface area contributed by atoms with E-state index in [-0.39, 0.29) is 5.91 Å². The van der Waals surface area contributed by atoms with Crippen molar-refractivity contribution < 1.29 is 4.79 Å². The van der Waals surface area contributed by atoms with Gasteiger partial charge in [-0.3, -0.25) is 10.2 Å². The van der Waals surface area contributed by atoms with E-state index in [2.05, 4.69) is 36.8 Å². The third kappa shape index (κ3) is 3.17. The quantitative estimate of drug-likeness (QED) is 0.779. The lowest BCUT2D eigenvalue weighted by atomic mass is 10.0. The number of hydrazine groups is 1. The lowest BCUT2D eigenvalue weighted by Gasteiger charge is -2.05. The number of carbonyl (C=O) groups excluding carboxylic acids is 1. The molecule has 1 aromatic carbocycles. The Morgan fingerprint density at radius 1 is 1.41 bits per heavy atom. The van der Waals surface area contributed by atoms with Gasteiger partial charge in [0, 0.05) is 12.1 Å². The van der Waals surface area contributed by atoms with Crippen LogP contribution in [0.4, 0.5) is 0 Å². The SMILES string of the molecule is CC(C)Cc1cccc(/C=C2\CNNC2=O)c1. The molecule has 1 amide bonds. The van der Waals surface area contributed by atoms with Gasteiger partial charge < -0.3 is 0 Å². The maximum atomic E-state index is 11.4. The lowest BCUT2D eigenvalue weighted by Crippen LogP contribution is -2.25. The van der Waals surface area contributed by atoms with Crippen LogP contribution < -0.4 is 10.9 Å². The van der Waals surface area contributed by atoms with Crippen LogP contribution in [0.1, 0.15) is 25.0 Å². The van der Waals surface area contributed by atoms with Gasteiger partial charge in [0.2, 0.25) is 0 Å². The Bertz CT molecular complexity index is 449. The van der Waals surface area contributed by atoms with E-state index in [1.165, 1.54) is 5.56 Å². The molecule has 3 heteroatoms. The van der Waals surface area contributed by atoms with Crippen molar-refractivity contribution in [1.29, 1.82) is 0 Å². The monoisotopic (exact) mass is 230 g/mol. The second-order valence-corrected chi connectivity index (χ2v) is 4.82. The fourth-order valence-electron chi connectivity index (χ4n) is 1.98. The Kier molecular flexibility index (Phi) is 3.59. The van der Waals surface area contributed by atoms with E-state index in [1.807, 2.05) is 18.2 Å². The average Bonchev–Trinajstić information content (AvgIpc) is 2.64. The summed E-state index contributed by atoms with van der Waals surface area (Å²) in [6, 6.07) is 8.36. The standard InChI is InChI=1S/C14H18N2O/c1-10(2)6-11-4-3-5-12(7-11)8-13-9-15-16-14(13)17/h3-5,7-8,10,15H,6,9H2,1-2H3,(H,16,17)/b13-8+. The highest BCUT2D eigenvalue weighted by atomic mass is 16.2. The molecule has 17 heavy (non-hydrogen) atoms. The molecule has 0 aromatic heterocycles. The summed E-state index contributed by atoms with van der Waals surface area (Å²) in [6.07, 6.45) is 3.01. The van der Waals surface area contributed by atoms with Crippen molar-refractivity contribution in [3.8, 4) is 0 Å². The molecule has 1 fully saturated rings. The summed E-state index contributed by atoms with van der Waals surface area (Å²) < 4.78 is 0. The van der Waals surface area contributed by atoms with Gasteiger partial charge in [0.15, 0.2) is 0 Å². The van der Waals surface area contributed by atoms with Gasteiger partial charge in [0.25, 0.3) is 5.91 Å². The van der Waals surface area contributed by atoms with E-state index in [4.69, 9.17) is 0 Å². The van der Waals surface area contributed by atoms with Crippen LogP contribution in [0.25, 0.3) is 6.08 Å². The van der Waals surface area contributed by atoms with Crippen LogP contribution in [0.2, 0.25) is 0 Å². The molecule has 1 aliphatic heterocycles. The van der Waals surface area contributed by atoms with Crippen LogP contribution in [0, 0.1) is 5.92 Å². The molecule has 2 rings (SSSR count). The number of amides is 1. The van der Waals surface area contributed by atoms with Crippen LogP contribution >= 0.6 is 0 Å². The Hall–Kier alpha value is -1.61. The number of hydrogen-bond donors (Lipinski definition) is 2. The minimum atomic E-state index is -0.0285. The largest absolute Gasteiger partial charge is 0.287 e. The zero-order valence-corrected chi connectivity index (χ0v) is 10.3. The van der Waals surface area contributed by atoms with Gasteiger partial charge in [-0.2, -0.15) is 0 Å². The molecule has 0 spiro atoms. The van der Waals surface area contributed by atoms with Crippen molar-refractivity contribution in [3.63, 3.8) is 0 Å². The molecule has 0 bridgehead atoms. The first kappa shape index (κ1) is 11.9. The molecule has 1 heterocycles. The first-order chi connectivity index (χ1) is 8.15. The Morgan fingerprint density at radius 2 is 2.24 bits per heavy atom. The van der Waals surface area contributed by atoms with Crippen molar-refractivity contribution in [2.24, 2.45) is 5.92 Å². The topological polar surface area (TPSA) is 41.1 Å². The minimum absolute atomic E-state index is 0.0285. The van der Waals surface area contributed by atoms with Gasteiger partial charge >= 0.3 is 0 Å². The Labute approximate surface area is 102 Å². The van der Waals surface area contributed by atoms with E-state index in [1.54, 1.807) is 0 Å². The normalized spacial score (nSPS) is 17.8. The zero-order valence-electron chi connectivity index (χ0n) is 10.3. The van der Waals surface area contributed by atoms with Crippen molar-refractivity contribution in [2.75, 3.05) is 6.54 Å². The second kappa shape index (κ2) is 5.15. The van der Waals surface area contributed by atoms with Gasteiger partial charge in [0.1, 0.15) is 0 Å². The summed E-state index contributed by atoms with van der Waals surface area (Å²) in [6.45, 7) is 5.01. The maximum absolute atomic E-state index is 11.4. The second-order valence-electron chi connectivity index (χ2n) is 4.82. The zero-order chi connectivity index (χ0) is 12.3. The molecule has 0 aliphatic carbocycles. The van der Waals surface area contributed by atoms with Gasteiger partial charge in [-0.05, 0) is 29.5 Å². The molecule has 1 saturated heterocycles.